The van der Waals surface area contributed by atoms with Crippen LogP contribution in [0.5, 0.6) is 17.4 Å². The maximum atomic E-state index is 10.5. The maximum absolute atomic E-state index is 10.5. The van der Waals surface area contributed by atoms with Crippen LogP contribution in [-0.2, 0) is 27.1 Å². The molecule has 29 heavy (non-hydrogen) atoms. The summed E-state index contributed by atoms with van der Waals surface area (Å²) >= 11 is 0. The summed E-state index contributed by atoms with van der Waals surface area (Å²) in [5.41, 5.74) is 2.52. The molecule has 1 unspecified atom stereocenters. The molecule has 2 aromatic rings. The van der Waals surface area contributed by atoms with Crippen LogP contribution in [0.3, 0.4) is 0 Å². The molecule has 0 bridgehead atoms. The molecule has 0 spiro atoms. The molecule has 1 aromatic heterocycles. The molecule has 3 rings (SSSR count). The Morgan fingerprint density at radius 1 is 1.21 bits per heavy atom. The molecule has 1 aliphatic rings. The lowest BCUT2D eigenvalue weighted by molar-refractivity contribution is -0.139. The van der Waals surface area contributed by atoms with Crippen LogP contribution >= 0.6 is 0 Å². The Morgan fingerprint density at radius 3 is 2.69 bits per heavy atom. The minimum Gasteiger partial charge on any atom is -0.507 e. The standard InChI is InChI=1S/C21H25NO7/c1-14-18(7-4-15-2-5-16(6-3-15)28-13-21(24)25)22-20(10-19(14)23)29-12-17-11-26-8-9-27-17/h2-3,5-6,10,17H,4,7-9,11-13H2,1H3,(H,22,23)(H,24,25). The largest absolute Gasteiger partial charge is 0.507 e. The summed E-state index contributed by atoms with van der Waals surface area (Å²) in [6.45, 7) is 3.39. The quantitative estimate of drug-likeness (QED) is 0.656. The Bertz CT molecular complexity index is 817. The second kappa shape index (κ2) is 10.1. The number of carboxylic acids is 1. The summed E-state index contributed by atoms with van der Waals surface area (Å²) in [6, 6.07) is 8.75. The monoisotopic (exact) mass is 403 g/mol. The molecule has 1 atom stereocenters. The lowest BCUT2D eigenvalue weighted by atomic mass is 10.0. The maximum Gasteiger partial charge on any atom is 0.341 e. The molecule has 0 saturated carbocycles. The van der Waals surface area contributed by atoms with Crippen LogP contribution in [0, 0.1) is 6.92 Å². The van der Waals surface area contributed by atoms with Crippen LogP contribution in [-0.4, -0.2) is 60.3 Å². The van der Waals surface area contributed by atoms with Crippen LogP contribution in [0.15, 0.2) is 30.3 Å². The first-order chi connectivity index (χ1) is 14.0. The molecule has 1 aliphatic heterocycles. The highest BCUT2D eigenvalue weighted by atomic mass is 16.6. The van der Waals surface area contributed by atoms with E-state index in [0.29, 0.717) is 50.9 Å². The number of rotatable bonds is 9. The van der Waals surface area contributed by atoms with Crippen molar-refractivity contribution in [3.05, 3.63) is 47.2 Å². The fraction of sp³-hybridized carbons (Fsp3) is 0.429. The average molecular weight is 403 g/mol. The molecule has 8 nitrogen and oxygen atoms in total. The second-order valence-electron chi connectivity index (χ2n) is 6.76. The summed E-state index contributed by atoms with van der Waals surface area (Å²) in [5, 5.41) is 18.9. The van der Waals surface area contributed by atoms with E-state index in [4.69, 9.17) is 24.1 Å². The zero-order valence-corrected chi connectivity index (χ0v) is 16.3. The van der Waals surface area contributed by atoms with E-state index in [9.17, 15) is 9.90 Å². The van der Waals surface area contributed by atoms with E-state index < -0.39 is 5.97 Å². The lowest BCUT2D eigenvalue weighted by Gasteiger charge is -2.23. The van der Waals surface area contributed by atoms with Gasteiger partial charge in [-0.3, -0.25) is 0 Å². The number of hydrogen-bond acceptors (Lipinski definition) is 7. The third kappa shape index (κ3) is 6.33. The highest BCUT2D eigenvalue weighted by Gasteiger charge is 2.16. The van der Waals surface area contributed by atoms with Gasteiger partial charge in [-0.25, -0.2) is 9.78 Å². The van der Waals surface area contributed by atoms with Gasteiger partial charge in [0.25, 0.3) is 0 Å². The van der Waals surface area contributed by atoms with Gasteiger partial charge in [0.15, 0.2) is 6.61 Å². The zero-order valence-electron chi connectivity index (χ0n) is 16.3. The van der Waals surface area contributed by atoms with E-state index in [-0.39, 0.29) is 18.5 Å². The van der Waals surface area contributed by atoms with Crippen LogP contribution < -0.4 is 9.47 Å². The minimum absolute atomic E-state index is 0.140. The molecular formula is C21H25NO7. The average Bonchev–Trinajstić information content (AvgIpc) is 2.73. The molecule has 2 N–H and O–H groups in total. The Hall–Kier alpha value is -2.84. The zero-order chi connectivity index (χ0) is 20.6. The molecule has 0 amide bonds. The van der Waals surface area contributed by atoms with Gasteiger partial charge in [0.2, 0.25) is 5.88 Å². The van der Waals surface area contributed by atoms with Crippen molar-refractivity contribution < 1.29 is 34.0 Å². The van der Waals surface area contributed by atoms with Gasteiger partial charge in [0.1, 0.15) is 24.2 Å². The first-order valence-electron chi connectivity index (χ1n) is 9.46. The number of carbonyl (C=O) groups is 1. The third-order valence-corrected chi connectivity index (χ3v) is 4.56. The van der Waals surface area contributed by atoms with Crippen molar-refractivity contribution in [2.45, 2.75) is 25.9 Å². The number of aryl methyl sites for hydroxylation is 2. The molecule has 1 aromatic carbocycles. The van der Waals surface area contributed by atoms with E-state index >= 15 is 0 Å². The predicted molar refractivity (Wildman–Crippen MR) is 104 cm³/mol. The van der Waals surface area contributed by atoms with Crippen LogP contribution in [0.1, 0.15) is 16.8 Å². The SMILES string of the molecule is Cc1c(O)cc(OCC2COCCO2)nc1CCc1ccc(OCC(=O)O)cc1. The smallest absolute Gasteiger partial charge is 0.341 e. The highest BCUT2D eigenvalue weighted by molar-refractivity contribution is 5.68. The number of aromatic hydroxyl groups is 1. The van der Waals surface area contributed by atoms with Crippen LogP contribution in [0.2, 0.25) is 0 Å². The summed E-state index contributed by atoms with van der Waals surface area (Å²) in [6.07, 6.45) is 1.18. The number of aliphatic carboxylic acids is 1. The van der Waals surface area contributed by atoms with E-state index in [1.54, 1.807) is 12.1 Å². The van der Waals surface area contributed by atoms with Crippen LogP contribution in [0.4, 0.5) is 0 Å². The fourth-order valence-corrected chi connectivity index (χ4v) is 2.91. The number of aromatic nitrogens is 1. The third-order valence-electron chi connectivity index (χ3n) is 4.56. The van der Waals surface area contributed by atoms with Gasteiger partial charge in [-0.1, -0.05) is 12.1 Å². The Balaban J connectivity index is 1.58. The number of nitrogens with zero attached hydrogens (tertiary/aromatic N) is 1. The van der Waals surface area contributed by atoms with Gasteiger partial charge in [-0.05, 0) is 37.5 Å². The second-order valence-corrected chi connectivity index (χ2v) is 6.76. The van der Waals surface area contributed by atoms with Crippen molar-refractivity contribution in [1.29, 1.82) is 0 Å². The van der Waals surface area contributed by atoms with Crippen LogP contribution in [0.25, 0.3) is 0 Å². The summed E-state index contributed by atoms with van der Waals surface area (Å²) in [4.78, 5) is 15.1. The van der Waals surface area contributed by atoms with Gasteiger partial charge in [-0.15, -0.1) is 0 Å². The van der Waals surface area contributed by atoms with E-state index in [1.165, 1.54) is 6.07 Å². The first kappa shape index (κ1) is 20.9. The van der Waals surface area contributed by atoms with Crippen molar-refractivity contribution in [2.75, 3.05) is 33.0 Å². The number of benzene rings is 1. The number of carboxylic acid groups (broad SMARTS) is 1. The molecule has 0 radical (unpaired) electrons. The first-order valence-corrected chi connectivity index (χ1v) is 9.46. The van der Waals surface area contributed by atoms with Gasteiger partial charge >= 0.3 is 5.97 Å². The molecule has 0 aliphatic carbocycles. The number of hydrogen-bond donors (Lipinski definition) is 2. The normalized spacial score (nSPS) is 16.4. The Morgan fingerprint density at radius 2 is 2.00 bits per heavy atom. The molecule has 1 saturated heterocycles. The van der Waals surface area contributed by atoms with Crippen molar-refractivity contribution in [2.24, 2.45) is 0 Å². The number of ether oxygens (including phenoxy) is 4. The molecule has 8 heteroatoms. The number of pyridine rings is 1. The summed E-state index contributed by atoms with van der Waals surface area (Å²) in [5.74, 6) is -0.00885. The van der Waals surface area contributed by atoms with Crippen molar-refractivity contribution in [3.63, 3.8) is 0 Å². The van der Waals surface area contributed by atoms with Crippen molar-refractivity contribution >= 4 is 5.97 Å². The Kier molecular flexibility index (Phi) is 7.26. The minimum atomic E-state index is -1.01. The van der Waals surface area contributed by atoms with E-state index in [2.05, 4.69) is 4.98 Å². The summed E-state index contributed by atoms with van der Waals surface area (Å²) in [7, 11) is 0. The molecule has 1 fully saturated rings. The van der Waals surface area contributed by atoms with Crippen molar-refractivity contribution in [3.8, 4) is 17.4 Å². The van der Waals surface area contributed by atoms with Gasteiger partial charge < -0.3 is 29.2 Å². The highest BCUT2D eigenvalue weighted by Crippen LogP contribution is 2.25. The van der Waals surface area contributed by atoms with Gasteiger partial charge in [-0.2, -0.15) is 0 Å². The molecule has 2 heterocycles. The predicted octanol–water partition coefficient (Wildman–Crippen LogP) is 2.14. The molecular weight excluding hydrogens is 378 g/mol. The molecule has 156 valence electrons. The Labute approximate surface area is 169 Å². The van der Waals surface area contributed by atoms with Gasteiger partial charge in [0, 0.05) is 11.6 Å². The summed E-state index contributed by atoms with van der Waals surface area (Å²) < 4.78 is 21.7. The van der Waals surface area contributed by atoms with Crippen molar-refractivity contribution in [1.82, 2.24) is 4.98 Å². The lowest BCUT2D eigenvalue weighted by Crippen LogP contribution is -2.33. The van der Waals surface area contributed by atoms with Gasteiger partial charge in [0.05, 0.1) is 25.5 Å². The fourth-order valence-electron chi connectivity index (χ4n) is 2.91. The topological polar surface area (TPSA) is 107 Å². The van der Waals surface area contributed by atoms with E-state index in [1.807, 2.05) is 19.1 Å². The van der Waals surface area contributed by atoms with E-state index in [0.717, 1.165) is 16.8 Å².